The van der Waals surface area contributed by atoms with Gasteiger partial charge in [0.2, 0.25) is 0 Å². The van der Waals surface area contributed by atoms with Crippen molar-refractivity contribution in [1.29, 1.82) is 0 Å². The van der Waals surface area contributed by atoms with Crippen LogP contribution in [0.1, 0.15) is 15.9 Å². The summed E-state index contributed by atoms with van der Waals surface area (Å²) < 4.78 is 18.5. The van der Waals surface area contributed by atoms with Gasteiger partial charge in [-0.1, -0.05) is 0 Å². The zero-order valence-corrected chi connectivity index (χ0v) is 10.1. The maximum Gasteiger partial charge on any atom is 0.417 e. The molecule has 0 saturated heterocycles. The summed E-state index contributed by atoms with van der Waals surface area (Å²) in [6.07, 6.45) is 0. The molecule has 0 unspecified atom stereocenters. The summed E-state index contributed by atoms with van der Waals surface area (Å²) in [7, 11) is 0. The van der Waals surface area contributed by atoms with E-state index in [9.17, 15) is 14.0 Å². The molecular weight excluding hydrogens is 263 g/mol. The molecule has 2 aromatic carbocycles. The number of aromatic amines is 1. The van der Waals surface area contributed by atoms with Gasteiger partial charge >= 0.3 is 5.76 Å². The second-order valence-electron chi connectivity index (χ2n) is 4.29. The van der Waals surface area contributed by atoms with E-state index in [0.29, 0.717) is 11.2 Å². The first kappa shape index (κ1) is 12.2. The number of hydrogen-bond acceptors (Lipinski definition) is 4. The van der Waals surface area contributed by atoms with Gasteiger partial charge in [-0.15, -0.1) is 0 Å². The van der Waals surface area contributed by atoms with Crippen LogP contribution >= 0.6 is 0 Å². The topological polar surface area (TPSA) is 89.1 Å². The Bertz CT molecular complexity index is 880. The smallest absolute Gasteiger partial charge is 0.408 e. The van der Waals surface area contributed by atoms with Crippen molar-refractivity contribution in [2.24, 2.45) is 0 Å². The fraction of sp³-hybridized carbons (Fsp3) is 0. The number of benzene rings is 2. The molecule has 20 heavy (non-hydrogen) atoms. The number of rotatable bonds is 2. The number of nitrogen functional groups attached to an aromatic ring is 1. The van der Waals surface area contributed by atoms with Crippen LogP contribution in [0.15, 0.2) is 45.6 Å². The molecule has 0 aliphatic rings. The molecule has 1 heterocycles. The largest absolute Gasteiger partial charge is 0.417 e. The second-order valence-corrected chi connectivity index (χ2v) is 4.29. The molecule has 0 bridgehead atoms. The highest BCUT2D eigenvalue weighted by Crippen LogP contribution is 2.19. The number of anilines is 1. The summed E-state index contributed by atoms with van der Waals surface area (Å²) >= 11 is 0. The van der Waals surface area contributed by atoms with Crippen LogP contribution in [0.25, 0.3) is 11.1 Å². The standard InChI is InChI=1S/C14H9FN2O3/c15-10-3-2-8(16)6-9(10)13(18)7-1-4-11-12(5-7)20-14(19)17-11/h1-6H,16H2,(H,17,19). The van der Waals surface area contributed by atoms with Crippen LogP contribution in [0.5, 0.6) is 0 Å². The molecule has 3 rings (SSSR count). The second kappa shape index (κ2) is 4.34. The van der Waals surface area contributed by atoms with Crippen LogP contribution in [0.3, 0.4) is 0 Å². The number of carbonyl (C=O) groups excluding carboxylic acids is 1. The van der Waals surface area contributed by atoms with Gasteiger partial charge in [-0.05, 0) is 36.4 Å². The Morgan fingerprint density at radius 1 is 1.20 bits per heavy atom. The molecule has 1 aromatic heterocycles. The molecule has 100 valence electrons. The maximum absolute atomic E-state index is 13.7. The van der Waals surface area contributed by atoms with Crippen LogP contribution < -0.4 is 11.5 Å². The summed E-state index contributed by atoms with van der Waals surface area (Å²) in [6.45, 7) is 0. The lowest BCUT2D eigenvalue weighted by Gasteiger charge is -2.04. The highest BCUT2D eigenvalue weighted by Gasteiger charge is 2.15. The highest BCUT2D eigenvalue weighted by atomic mass is 19.1. The minimum Gasteiger partial charge on any atom is -0.408 e. The number of carbonyl (C=O) groups is 1. The van der Waals surface area contributed by atoms with Crippen molar-refractivity contribution >= 4 is 22.6 Å². The van der Waals surface area contributed by atoms with Gasteiger partial charge in [-0.2, -0.15) is 0 Å². The Kier molecular flexibility index (Phi) is 2.64. The minimum absolute atomic E-state index is 0.123. The molecule has 6 heteroatoms. The highest BCUT2D eigenvalue weighted by molar-refractivity contribution is 6.10. The first-order chi connectivity index (χ1) is 9.54. The molecule has 0 aliphatic carbocycles. The van der Waals surface area contributed by atoms with Gasteiger partial charge in [0.05, 0.1) is 11.1 Å². The SMILES string of the molecule is Nc1ccc(F)c(C(=O)c2ccc3[nH]c(=O)oc3c2)c1. The zero-order valence-electron chi connectivity index (χ0n) is 10.1. The molecule has 0 aliphatic heterocycles. The normalized spacial score (nSPS) is 10.8. The van der Waals surface area contributed by atoms with E-state index in [1.807, 2.05) is 0 Å². The third-order valence-corrected chi connectivity index (χ3v) is 2.92. The predicted molar refractivity (Wildman–Crippen MR) is 71.1 cm³/mol. The number of hydrogen-bond donors (Lipinski definition) is 2. The summed E-state index contributed by atoms with van der Waals surface area (Å²) in [5.74, 6) is -1.79. The fourth-order valence-electron chi connectivity index (χ4n) is 1.96. The number of aromatic nitrogens is 1. The number of nitrogens with two attached hydrogens (primary N) is 1. The summed E-state index contributed by atoms with van der Waals surface area (Å²) in [6, 6.07) is 8.18. The zero-order chi connectivity index (χ0) is 14.3. The van der Waals surface area contributed by atoms with E-state index in [2.05, 4.69) is 4.98 Å². The minimum atomic E-state index is -0.653. The van der Waals surface area contributed by atoms with Crippen LogP contribution in [0, 0.1) is 5.82 Å². The monoisotopic (exact) mass is 272 g/mol. The average molecular weight is 272 g/mol. The number of halogens is 1. The van der Waals surface area contributed by atoms with Gasteiger partial charge < -0.3 is 10.2 Å². The van der Waals surface area contributed by atoms with E-state index in [4.69, 9.17) is 10.2 Å². The molecule has 3 N–H and O–H groups in total. The van der Waals surface area contributed by atoms with Crippen molar-refractivity contribution in [2.45, 2.75) is 0 Å². The molecule has 0 saturated carbocycles. The number of ketones is 1. The van der Waals surface area contributed by atoms with Crippen molar-refractivity contribution in [3.8, 4) is 0 Å². The lowest BCUT2D eigenvalue weighted by molar-refractivity contribution is 0.103. The Hall–Kier alpha value is -2.89. The first-order valence-corrected chi connectivity index (χ1v) is 5.77. The summed E-state index contributed by atoms with van der Waals surface area (Å²) in [4.78, 5) is 25.8. The summed E-state index contributed by atoms with van der Waals surface area (Å²) in [5.41, 5.74) is 6.65. The van der Waals surface area contributed by atoms with Crippen molar-refractivity contribution < 1.29 is 13.6 Å². The fourth-order valence-corrected chi connectivity index (χ4v) is 1.96. The van der Waals surface area contributed by atoms with E-state index < -0.39 is 17.4 Å². The molecule has 3 aromatic rings. The number of fused-ring (bicyclic) bond motifs is 1. The predicted octanol–water partition coefficient (Wildman–Crippen LogP) is 2.07. The Morgan fingerprint density at radius 2 is 2.00 bits per heavy atom. The molecule has 0 fully saturated rings. The summed E-state index contributed by atoms with van der Waals surface area (Å²) in [5, 5.41) is 0. The first-order valence-electron chi connectivity index (χ1n) is 5.77. The Morgan fingerprint density at radius 3 is 2.80 bits per heavy atom. The third-order valence-electron chi connectivity index (χ3n) is 2.92. The van der Waals surface area contributed by atoms with Gasteiger partial charge in [-0.3, -0.25) is 9.78 Å². The van der Waals surface area contributed by atoms with Crippen LogP contribution in [-0.4, -0.2) is 10.8 Å². The lowest BCUT2D eigenvalue weighted by atomic mass is 10.0. The van der Waals surface area contributed by atoms with Gasteiger partial charge in [0, 0.05) is 11.3 Å². The van der Waals surface area contributed by atoms with E-state index in [1.54, 1.807) is 0 Å². The van der Waals surface area contributed by atoms with Crippen LogP contribution in [-0.2, 0) is 0 Å². The Labute approximate surface area is 111 Å². The molecule has 5 nitrogen and oxygen atoms in total. The lowest BCUT2D eigenvalue weighted by Crippen LogP contribution is -2.05. The average Bonchev–Trinajstić information content (AvgIpc) is 2.79. The molecule has 0 amide bonds. The van der Waals surface area contributed by atoms with E-state index in [1.165, 1.54) is 30.3 Å². The van der Waals surface area contributed by atoms with Crippen LogP contribution in [0.2, 0.25) is 0 Å². The van der Waals surface area contributed by atoms with Crippen molar-refractivity contribution in [3.05, 3.63) is 63.9 Å². The van der Waals surface area contributed by atoms with Gasteiger partial charge in [0.1, 0.15) is 5.82 Å². The van der Waals surface area contributed by atoms with Crippen molar-refractivity contribution in [2.75, 3.05) is 5.73 Å². The van der Waals surface area contributed by atoms with E-state index in [0.717, 1.165) is 6.07 Å². The molecule has 0 spiro atoms. The van der Waals surface area contributed by atoms with Crippen LogP contribution in [0.4, 0.5) is 10.1 Å². The van der Waals surface area contributed by atoms with Crippen molar-refractivity contribution in [3.63, 3.8) is 0 Å². The van der Waals surface area contributed by atoms with Gasteiger partial charge in [0.15, 0.2) is 11.4 Å². The van der Waals surface area contributed by atoms with Gasteiger partial charge in [-0.25, -0.2) is 9.18 Å². The van der Waals surface area contributed by atoms with Crippen molar-refractivity contribution in [1.82, 2.24) is 4.98 Å². The maximum atomic E-state index is 13.7. The van der Waals surface area contributed by atoms with E-state index in [-0.39, 0.29) is 16.7 Å². The molecule has 0 atom stereocenters. The van der Waals surface area contributed by atoms with E-state index >= 15 is 0 Å². The molecule has 0 radical (unpaired) electrons. The Balaban J connectivity index is 2.12. The number of H-pyrrole nitrogens is 1. The third kappa shape index (κ3) is 1.97. The molecular formula is C14H9FN2O3. The number of oxazole rings is 1. The van der Waals surface area contributed by atoms with Gasteiger partial charge in [0.25, 0.3) is 0 Å². The number of nitrogens with one attached hydrogen (secondary N) is 1. The quantitative estimate of drug-likeness (QED) is 0.552.